The van der Waals surface area contributed by atoms with Crippen molar-refractivity contribution in [1.82, 2.24) is 5.32 Å². The van der Waals surface area contributed by atoms with Crippen LogP contribution in [0.1, 0.15) is 71.4 Å². The monoisotopic (exact) mass is 307 g/mol. The highest BCUT2D eigenvalue weighted by Gasteiger charge is 2.30. The van der Waals surface area contributed by atoms with E-state index in [4.69, 9.17) is 11.6 Å². The SMILES string of the molecule is CCC(NC1CCC(C(C)(C)C)CC1)c1cccc(Cl)c1. The van der Waals surface area contributed by atoms with Crippen molar-refractivity contribution in [2.24, 2.45) is 11.3 Å². The van der Waals surface area contributed by atoms with E-state index >= 15 is 0 Å². The van der Waals surface area contributed by atoms with Gasteiger partial charge in [-0.05, 0) is 61.1 Å². The van der Waals surface area contributed by atoms with E-state index < -0.39 is 0 Å². The van der Waals surface area contributed by atoms with Gasteiger partial charge in [-0.2, -0.15) is 0 Å². The quantitative estimate of drug-likeness (QED) is 0.721. The Morgan fingerprint density at radius 1 is 1.19 bits per heavy atom. The summed E-state index contributed by atoms with van der Waals surface area (Å²) in [7, 11) is 0. The first-order valence-corrected chi connectivity index (χ1v) is 8.79. The van der Waals surface area contributed by atoms with Gasteiger partial charge in [0, 0.05) is 17.1 Å². The molecule has 1 aromatic carbocycles. The summed E-state index contributed by atoms with van der Waals surface area (Å²) in [5.74, 6) is 0.877. The molecule has 0 heterocycles. The van der Waals surface area contributed by atoms with Crippen LogP contribution in [0.3, 0.4) is 0 Å². The van der Waals surface area contributed by atoms with Crippen molar-refractivity contribution in [2.75, 3.05) is 0 Å². The Morgan fingerprint density at radius 3 is 2.38 bits per heavy atom. The van der Waals surface area contributed by atoms with Crippen molar-refractivity contribution in [1.29, 1.82) is 0 Å². The summed E-state index contributed by atoms with van der Waals surface area (Å²) < 4.78 is 0. The van der Waals surface area contributed by atoms with Crippen LogP contribution in [0.25, 0.3) is 0 Å². The van der Waals surface area contributed by atoms with Crippen molar-refractivity contribution >= 4 is 11.6 Å². The summed E-state index contributed by atoms with van der Waals surface area (Å²) in [6.07, 6.45) is 6.43. The molecule has 21 heavy (non-hydrogen) atoms. The van der Waals surface area contributed by atoms with Crippen LogP contribution in [0.4, 0.5) is 0 Å². The normalized spacial score (nSPS) is 24.8. The lowest BCUT2D eigenvalue weighted by molar-refractivity contribution is 0.155. The first kappa shape index (κ1) is 16.8. The number of hydrogen-bond acceptors (Lipinski definition) is 1. The van der Waals surface area contributed by atoms with Crippen LogP contribution in [0.5, 0.6) is 0 Å². The van der Waals surface area contributed by atoms with Gasteiger partial charge >= 0.3 is 0 Å². The van der Waals surface area contributed by atoms with Gasteiger partial charge in [0.25, 0.3) is 0 Å². The highest BCUT2D eigenvalue weighted by atomic mass is 35.5. The lowest BCUT2D eigenvalue weighted by Gasteiger charge is -2.38. The molecule has 0 spiro atoms. The van der Waals surface area contributed by atoms with Crippen LogP contribution < -0.4 is 5.32 Å². The second-order valence-electron chi connectivity index (χ2n) is 7.60. The maximum absolute atomic E-state index is 6.13. The molecule has 1 unspecified atom stereocenters. The first-order chi connectivity index (χ1) is 9.90. The van der Waals surface area contributed by atoms with Crippen molar-refractivity contribution < 1.29 is 0 Å². The van der Waals surface area contributed by atoms with Crippen LogP contribution in [0.2, 0.25) is 5.02 Å². The third-order valence-electron chi connectivity index (χ3n) is 5.05. The molecule has 1 aromatic rings. The Morgan fingerprint density at radius 2 is 1.86 bits per heavy atom. The fraction of sp³-hybridized carbons (Fsp3) is 0.684. The van der Waals surface area contributed by atoms with Gasteiger partial charge in [0.15, 0.2) is 0 Å². The largest absolute Gasteiger partial charge is 0.307 e. The molecule has 0 bridgehead atoms. The Kier molecular flexibility index (Phi) is 5.73. The molecule has 1 aliphatic rings. The third-order valence-corrected chi connectivity index (χ3v) is 5.28. The topological polar surface area (TPSA) is 12.0 Å². The van der Waals surface area contributed by atoms with Crippen molar-refractivity contribution in [2.45, 2.75) is 71.9 Å². The van der Waals surface area contributed by atoms with Gasteiger partial charge in [-0.15, -0.1) is 0 Å². The standard InChI is InChI=1S/C19H30ClN/c1-5-18(14-7-6-8-16(20)13-14)21-17-11-9-15(10-12-17)19(2,3)4/h6-8,13,15,17-18,21H,5,9-12H2,1-4H3. The Labute approximate surface area is 135 Å². The number of nitrogens with one attached hydrogen (secondary N) is 1. The Balaban J connectivity index is 1.92. The molecule has 1 N–H and O–H groups in total. The molecule has 1 saturated carbocycles. The van der Waals surface area contributed by atoms with Crippen LogP contribution >= 0.6 is 11.6 Å². The minimum atomic E-state index is 0.430. The molecule has 1 nitrogen and oxygen atoms in total. The second-order valence-corrected chi connectivity index (χ2v) is 8.03. The van der Waals surface area contributed by atoms with Crippen LogP contribution in [-0.2, 0) is 0 Å². The average Bonchev–Trinajstić information content (AvgIpc) is 2.44. The maximum Gasteiger partial charge on any atom is 0.0409 e. The summed E-state index contributed by atoms with van der Waals surface area (Å²) in [5, 5.41) is 4.70. The second kappa shape index (κ2) is 7.15. The van der Waals surface area contributed by atoms with E-state index in [0.29, 0.717) is 17.5 Å². The van der Waals surface area contributed by atoms with Crippen molar-refractivity contribution in [3.8, 4) is 0 Å². The summed E-state index contributed by atoms with van der Waals surface area (Å²) in [6, 6.07) is 9.38. The summed E-state index contributed by atoms with van der Waals surface area (Å²) in [6.45, 7) is 9.39. The van der Waals surface area contributed by atoms with Crippen LogP contribution in [0.15, 0.2) is 24.3 Å². The van der Waals surface area contributed by atoms with E-state index in [1.807, 2.05) is 6.07 Å². The summed E-state index contributed by atoms with van der Waals surface area (Å²) in [5.41, 5.74) is 1.78. The fourth-order valence-corrected chi connectivity index (χ4v) is 3.78. The number of rotatable bonds is 4. The molecule has 1 atom stereocenters. The van der Waals surface area contributed by atoms with Crippen LogP contribution in [0, 0.1) is 11.3 Å². The highest BCUT2D eigenvalue weighted by molar-refractivity contribution is 6.30. The molecular formula is C19H30ClN. The minimum absolute atomic E-state index is 0.430. The van der Waals surface area contributed by atoms with Crippen molar-refractivity contribution in [3.63, 3.8) is 0 Å². The predicted molar refractivity (Wildman–Crippen MR) is 92.8 cm³/mol. The molecule has 118 valence electrons. The highest BCUT2D eigenvalue weighted by Crippen LogP contribution is 2.38. The van der Waals surface area contributed by atoms with Gasteiger partial charge in [-0.25, -0.2) is 0 Å². The first-order valence-electron chi connectivity index (χ1n) is 8.41. The summed E-state index contributed by atoms with van der Waals surface area (Å²) in [4.78, 5) is 0. The van der Waals surface area contributed by atoms with E-state index in [1.165, 1.54) is 31.2 Å². The zero-order valence-corrected chi connectivity index (χ0v) is 14.7. The zero-order chi connectivity index (χ0) is 15.5. The van der Waals surface area contributed by atoms with Gasteiger partial charge in [-0.3, -0.25) is 0 Å². The molecular weight excluding hydrogens is 278 g/mol. The van der Waals surface area contributed by atoms with Gasteiger partial charge in [-0.1, -0.05) is 51.4 Å². The van der Waals surface area contributed by atoms with Gasteiger partial charge in [0.2, 0.25) is 0 Å². The van der Waals surface area contributed by atoms with Gasteiger partial charge < -0.3 is 5.32 Å². The van der Waals surface area contributed by atoms with E-state index in [0.717, 1.165) is 17.4 Å². The lowest BCUT2D eigenvalue weighted by Crippen LogP contribution is -2.38. The fourth-order valence-electron chi connectivity index (χ4n) is 3.58. The van der Waals surface area contributed by atoms with E-state index in [2.05, 4.69) is 51.2 Å². The smallest absolute Gasteiger partial charge is 0.0409 e. The number of halogens is 1. The molecule has 2 heteroatoms. The molecule has 0 radical (unpaired) electrons. The van der Waals surface area contributed by atoms with Crippen molar-refractivity contribution in [3.05, 3.63) is 34.9 Å². The van der Waals surface area contributed by atoms with Crippen LogP contribution in [-0.4, -0.2) is 6.04 Å². The third kappa shape index (κ3) is 4.72. The molecule has 2 rings (SSSR count). The van der Waals surface area contributed by atoms with Gasteiger partial charge in [0.1, 0.15) is 0 Å². The van der Waals surface area contributed by atoms with E-state index in [1.54, 1.807) is 0 Å². The zero-order valence-electron chi connectivity index (χ0n) is 14.0. The van der Waals surface area contributed by atoms with E-state index in [-0.39, 0.29) is 0 Å². The molecule has 0 saturated heterocycles. The summed E-state index contributed by atoms with van der Waals surface area (Å²) >= 11 is 6.13. The maximum atomic E-state index is 6.13. The molecule has 0 aliphatic heterocycles. The predicted octanol–water partition coefficient (Wildman–Crippen LogP) is 5.99. The molecule has 1 aliphatic carbocycles. The lowest BCUT2D eigenvalue weighted by atomic mass is 9.71. The van der Waals surface area contributed by atoms with E-state index in [9.17, 15) is 0 Å². The number of benzene rings is 1. The minimum Gasteiger partial charge on any atom is -0.307 e. The molecule has 0 amide bonds. The Bertz CT molecular complexity index is 441. The number of hydrogen-bond donors (Lipinski definition) is 1. The average molecular weight is 308 g/mol. The van der Waals surface area contributed by atoms with Gasteiger partial charge in [0.05, 0.1) is 0 Å². The Hall–Kier alpha value is -0.530. The molecule has 0 aromatic heterocycles. The molecule has 1 fully saturated rings.